The molecule has 2 saturated carbocycles. The summed E-state index contributed by atoms with van der Waals surface area (Å²) < 4.78 is 0. The minimum absolute atomic E-state index is 0.0233. The van der Waals surface area contributed by atoms with Gasteiger partial charge in [-0.15, -0.1) is 0 Å². The second-order valence-corrected chi connectivity index (χ2v) is 6.92. The maximum absolute atomic E-state index is 12.3. The SMILES string of the molecule is N#CCC1(CNC(=O)N2C[C@@H]3CCC[C@@]3(C(=O)O)C2)CC1. The summed E-state index contributed by atoms with van der Waals surface area (Å²) in [5.41, 5.74) is -0.744. The molecule has 3 aliphatic rings. The average Bonchev–Trinajstić information content (AvgIpc) is 2.92. The van der Waals surface area contributed by atoms with E-state index in [1.165, 1.54) is 0 Å². The van der Waals surface area contributed by atoms with Gasteiger partial charge in [0.25, 0.3) is 0 Å². The maximum atomic E-state index is 12.3. The Morgan fingerprint density at radius 1 is 1.38 bits per heavy atom. The molecule has 2 amide bonds. The van der Waals surface area contributed by atoms with Crippen molar-refractivity contribution < 1.29 is 14.7 Å². The van der Waals surface area contributed by atoms with Crippen LogP contribution in [0.25, 0.3) is 0 Å². The molecule has 2 aliphatic carbocycles. The number of carboxylic acids is 1. The van der Waals surface area contributed by atoms with Crippen LogP contribution in [-0.2, 0) is 4.79 Å². The van der Waals surface area contributed by atoms with E-state index in [1.54, 1.807) is 4.90 Å². The largest absolute Gasteiger partial charge is 0.481 e. The summed E-state index contributed by atoms with van der Waals surface area (Å²) in [4.78, 5) is 25.5. The summed E-state index contributed by atoms with van der Waals surface area (Å²) in [6, 6.07) is 2.00. The van der Waals surface area contributed by atoms with Crippen molar-refractivity contribution in [3.63, 3.8) is 0 Å². The Morgan fingerprint density at radius 3 is 2.71 bits per heavy atom. The quantitative estimate of drug-likeness (QED) is 0.822. The summed E-state index contributed by atoms with van der Waals surface area (Å²) in [5.74, 6) is -0.668. The van der Waals surface area contributed by atoms with Gasteiger partial charge >= 0.3 is 12.0 Å². The summed E-state index contributed by atoms with van der Waals surface area (Å²) in [7, 11) is 0. The fourth-order valence-corrected chi connectivity index (χ4v) is 3.93. The van der Waals surface area contributed by atoms with Crippen LogP contribution in [-0.4, -0.2) is 41.6 Å². The van der Waals surface area contributed by atoms with E-state index >= 15 is 0 Å². The van der Waals surface area contributed by atoms with Gasteiger partial charge in [-0.25, -0.2) is 4.79 Å². The van der Waals surface area contributed by atoms with Crippen molar-refractivity contribution in [3.05, 3.63) is 0 Å². The smallest absolute Gasteiger partial charge is 0.317 e. The van der Waals surface area contributed by atoms with E-state index in [4.69, 9.17) is 5.26 Å². The lowest BCUT2D eigenvalue weighted by atomic mass is 9.81. The highest BCUT2D eigenvalue weighted by molar-refractivity contribution is 5.80. The first-order valence-corrected chi connectivity index (χ1v) is 7.65. The third kappa shape index (κ3) is 2.35. The van der Waals surface area contributed by atoms with Crippen molar-refractivity contribution in [1.29, 1.82) is 5.26 Å². The molecule has 0 aromatic heterocycles. The molecule has 6 nitrogen and oxygen atoms in total. The summed E-state index contributed by atoms with van der Waals surface area (Å²) in [6.07, 6.45) is 4.97. The van der Waals surface area contributed by atoms with E-state index in [-0.39, 0.29) is 17.4 Å². The van der Waals surface area contributed by atoms with E-state index in [1.807, 2.05) is 0 Å². The molecule has 0 bridgehead atoms. The zero-order chi connectivity index (χ0) is 15.1. The lowest BCUT2D eigenvalue weighted by molar-refractivity contribution is -0.149. The van der Waals surface area contributed by atoms with Gasteiger partial charge in [0.1, 0.15) is 0 Å². The van der Waals surface area contributed by atoms with E-state index in [0.717, 1.165) is 25.7 Å². The highest BCUT2D eigenvalue weighted by atomic mass is 16.4. The molecule has 3 fully saturated rings. The molecular formula is C15H21N3O3. The second-order valence-electron chi connectivity index (χ2n) is 6.92. The molecule has 1 saturated heterocycles. The molecule has 2 atom stereocenters. The number of carbonyl (C=O) groups excluding carboxylic acids is 1. The topological polar surface area (TPSA) is 93.4 Å². The molecule has 3 rings (SSSR count). The number of nitrogens with zero attached hydrogens (tertiary/aromatic N) is 2. The average molecular weight is 291 g/mol. The first kappa shape index (κ1) is 14.2. The molecule has 0 aromatic rings. The molecule has 0 radical (unpaired) electrons. The highest BCUT2D eigenvalue weighted by Crippen LogP contribution is 2.49. The fourth-order valence-electron chi connectivity index (χ4n) is 3.93. The Kier molecular flexibility index (Phi) is 3.31. The molecule has 0 unspecified atom stereocenters. The fraction of sp³-hybridized carbons (Fsp3) is 0.800. The number of hydrogen-bond acceptors (Lipinski definition) is 3. The number of urea groups is 1. The first-order valence-electron chi connectivity index (χ1n) is 7.65. The van der Waals surface area contributed by atoms with Crippen molar-refractivity contribution in [2.45, 2.75) is 38.5 Å². The van der Waals surface area contributed by atoms with Crippen LogP contribution in [0.5, 0.6) is 0 Å². The van der Waals surface area contributed by atoms with E-state index in [2.05, 4.69) is 11.4 Å². The first-order chi connectivity index (χ1) is 10.0. The van der Waals surface area contributed by atoms with Crippen molar-refractivity contribution in [3.8, 4) is 6.07 Å². The number of likely N-dealkylation sites (tertiary alicyclic amines) is 1. The van der Waals surface area contributed by atoms with Crippen LogP contribution < -0.4 is 5.32 Å². The third-order valence-corrected chi connectivity index (χ3v) is 5.61. The predicted octanol–water partition coefficient (Wildman–Crippen LogP) is 1.58. The molecular weight excluding hydrogens is 270 g/mol. The third-order valence-electron chi connectivity index (χ3n) is 5.61. The van der Waals surface area contributed by atoms with Gasteiger partial charge < -0.3 is 15.3 Å². The molecule has 0 aromatic carbocycles. The minimum Gasteiger partial charge on any atom is -0.481 e. The van der Waals surface area contributed by atoms with Crippen molar-refractivity contribution >= 4 is 12.0 Å². The number of nitriles is 1. The molecule has 1 aliphatic heterocycles. The summed E-state index contributed by atoms with van der Waals surface area (Å²) >= 11 is 0. The summed E-state index contributed by atoms with van der Waals surface area (Å²) in [5, 5.41) is 21.2. The number of hydrogen-bond donors (Lipinski definition) is 2. The monoisotopic (exact) mass is 291 g/mol. The van der Waals surface area contributed by atoms with E-state index in [0.29, 0.717) is 32.5 Å². The standard InChI is InChI=1S/C15H21N3O3/c16-7-6-14(4-5-14)9-17-13(21)18-8-11-2-1-3-15(11,10-18)12(19)20/h11H,1-6,8-10H2,(H,17,21)(H,19,20)/t11-,15+/m0/s1. The van der Waals surface area contributed by atoms with Gasteiger partial charge in [-0.3, -0.25) is 4.79 Å². The molecule has 0 spiro atoms. The normalized spacial score (nSPS) is 32.3. The van der Waals surface area contributed by atoms with Gasteiger partial charge in [-0.05, 0) is 31.6 Å². The minimum atomic E-state index is -0.761. The van der Waals surface area contributed by atoms with Gasteiger partial charge in [0.05, 0.1) is 11.5 Å². The number of carbonyl (C=O) groups is 2. The van der Waals surface area contributed by atoms with Crippen LogP contribution in [0, 0.1) is 28.1 Å². The Balaban J connectivity index is 1.58. The van der Waals surface area contributed by atoms with Gasteiger partial charge in [-0.1, -0.05) is 6.42 Å². The van der Waals surface area contributed by atoms with Gasteiger partial charge in [0.2, 0.25) is 0 Å². The highest BCUT2D eigenvalue weighted by Gasteiger charge is 2.56. The Hall–Kier alpha value is -1.77. The van der Waals surface area contributed by atoms with Crippen LogP contribution in [0.4, 0.5) is 4.79 Å². The Labute approximate surface area is 124 Å². The van der Waals surface area contributed by atoms with Crippen LogP contribution in [0.2, 0.25) is 0 Å². The molecule has 21 heavy (non-hydrogen) atoms. The Morgan fingerprint density at radius 2 is 2.14 bits per heavy atom. The van der Waals surface area contributed by atoms with Crippen molar-refractivity contribution in [2.75, 3.05) is 19.6 Å². The van der Waals surface area contributed by atoms with E-state index < -0.39 is 11.4 Å². The van der Waals surface area contributed by atoms with Gasteiger partial charge in [0.15, 0.2) is 0 Å². The van der Waals surface area contributed by atoms with Crippen molar-refractivity contribution in [2.24, 2.45) is 16.7 Å². The number of nitrogens with one attached hydrogen (secondary N) is 1. The number of amides is 2. The number of aliphatic carboxylic acids is 1. The Bertz CT molecular complexity index is 509. The number of carboxylic acid groups (broad SMARTS) is 1. The van der Waals surface area contributed by atoms with Gasteiger partial charge in [0, 0.05) is 31.5 Å². The van der Waals surface area contributed by atoms with Crippen LogP contribution in [0.15, 0.2) is 0 Å². The predicted molar refractivity (Wildman–Crippen MR) is 74.3 cm³/mol. The van der Waals surface area contributed by atoms with Crippen LogP contribution in [0.1, 0.15) is 38.5 Å². The second kappa shape index (κ2) is 4.90. The van der Waals surface area contributed by atoms with Gasteiger partial charge in [-0.2, -0.15) is 5.26 Å². The lowest BCUT2D eigenvalue weighted by Crippen LogP contribution is -2.43. The molecule has 2 N–H and O–H groups in total. The van der Waals surface area contributed by atoms with Crippen LogP contribution >= 0.6 is 0 Å². The summed E-state index contributed by atoms with van der Waals surface area (Å²) in [6.45, 7) is 1.40. The van der Waals surface area contributed by atoms with Crippen molar-refractivity contribution in [1.82, 2.24) is 10.2 Å². The lowest BCUT2D eigenvalue weighted by Gasteiger charge is -2.24. The number of fused-ring (bicyclic) bond motifs is 1. The number of rotatable bonds is 4. The molecule has 114 valence electrons. The molecule has 1 heterocycles. The van der Waals surface area contributed by atoms with Crippen LogP contribution in [0.3, 0.4) is 0 Å². The molecule has 6 heteroatoms. The van der Waals surface area contributed by atoms with E-state index in [9.17, 15) is 14.7 Å². The maximum Gasteiger partial charge on any atom is 0.317 e. The zero-order valence-corrected chi connectivity index (χ0v) is 12.1. The zero-order valence-electron chi connectivity index (χ0n) is 12.1.